The molecule has 0 radical (unpaired) electrons. The molecule has 1 atom stereocenters. The molecule has 0 unspecified atom stereocenters. The number of hydrogen-bond donors (Lipinski definition) is 2. The quantitative estimate of drug-likeness (QED) is 0.417. The lowest BCUT2D eigenvalue weighted by molar-refractivity contribution is -0.141. The van der Waals surface area contributed by atoms with Crippen LogP contribution in [0, 0.1) is 12.3 Å². The fourth-order valence-corrected chi connectivity index (χ4v) is 7.68. The van der Waals surface area contributed by atoms with Gasteiger partial charge >= 0.3 is 6.09 Å². The van der Waals surface area contributed by atoms with Crippen LogP contribution in [0.2, 0.25) is 5.02 Å². The van der Waals surface area contributed by atoms with Gasteiger partial charge in [0.25, 0.3) is 5.91 Å². The Morgan fingerprint density at radius 2 is 1.89 bits per heavy atom. The summed E-state index contributed by atoms with van der Waals surface area (Å²) in [4.78, 5) is 26.7. The van der Waals surface area contributed by atoms with Gasteiger partial charge in [-0.15, -0.1) is 0 Å². The van der Waals surface area contributed by atoms with Crippen molar-refractivity contribution in [3.8, 4) is 0 Å². The van der Waals surface area contributed by atoms with Crippen LogP contribution in [0.4, 0.5) is 4.79 Å². The van der Waals surface area contributed by atoms with Gasteiger partial charge in [0.2, 0.25) is 10.0 Å². The summed E-state index contributed by atoms with van der Waals surface area (Å²) in [6.45, 7) is 3.94. The molecule has 3 fully saturated rings. The molecule has 3 aliphatic heterocycles. The number of rotatable bonds is 6. The molecule has 10 nitrogen and oxygen atoms in total. The Balaban J connectivity index is 1.38. The number of carbonyl (C=O) groups is 2. The zero-order chi connectivity index (χ0) is 25.9. The van der Waals surface area contributed by atoms with Crippen LogP contribution in [0.5, 0.6) is 0 Å². The highest BCUT2D eigenvalue weighted by Crippen LogP contribution is 2.37. The third-order valence-corrected chi connectivity index (χ3v) is 10.0. The normalized spacial score (nSPS) is 23.4. The van der Waals surface area contributed by atoms with Crippen LogP contribution >= 0.6 is 11.6 Å². The van der Waals surface area contributed by atoms with Gasteiger partial charge in [-0.05, 0) is 61.8 Å². The molecule has 0 aliphatic carbocycles. The van der Waals surface area contributed by atoms with E-state index in [0.717, 1.165) is 11.1 Å². The summed E-state index contributed by atoms with van der Waals surface area (Å²) in [5.74, 6) is -0.954. The Bertz CT molecular complexity index is 1060. The first-order chi connectivity index (χ1) is 17.1. The lowest BCUT2D eigenvalue weighted by atomic mass is 9.79. The average molecular weight is 544 g/mol. The Labute approximate surface area is 216 Å². The number of benzene rings is 1. The minimum Gasteiger partial charge on any atom is -0.444 e. The monoisotopic (exact) mass is 543 g/mol. The fraction of sp³-hybridized carbons (Fsp3) is 0.667. The van der Waals surface area contributed by atoms with E-state index in [0.29, 0.717) is 50.6 Å². The zero-order valence-electron chi connectivity index (χ0n) is 20.4. The van der Waals surface area contributed by atoms with Crippen molar-refractivity contribution in [3.05, 3.63) is 34.3 Å². The van der Waals surface area contributed by atoms with E-state index in [1.54, 1.807) is 5.48 Å². The molecule has 1 aromatic carbocycles. The predicted octanol–water partition coefficient (Wildman–Crippen LogP) is 2.67. The summed E-state index contributed by atoms with van der Waals surface area (Å²) in [5, 5.41) is 10.1. The summed E-state index contributed by atoms with van der Waals surface area (Å²) < 4.78 is 38.9. The molecule has 200 valence electrons. The Morgan fingerprint density at radius 1 is 1.19 bits per heavy atom. The molecule has 4 rings (SSSR count). The second-order valence-electron chi connectivity index (χ2n) is 10.0. The molecule has 36 heavy (non-hydrogen) atoms. The number of piperidine rings is 2. The molecule has 0 saturated carbocycles. The molecule has 12 heteroatoms. The molecule has 1 aromatic rings. The number of hydroxylamine groups is 1. The van der Waals surface area contributed by atoms with Crippen LogP contribution < -0.4 is 5.48 Å². The lowest BCUT2D eigenvalue weighted by Crippen LogP contribution is -2.55. The van der Waals surface area contributed by atoms with Crippen molar-refractivity contribution in [1.29, 1.82) is 0 Å². The van der Waals surface area contributed by atoms with Gasteiger partial charge in [-0.3, -0.25) is 10.0 Å². The van der Waals surface area contributed by atoms with Crippen LogP contribution in [-0.2, 0) is 24.3 Å². The molecule has 3 aliphatic rings. The van der Waals surface area contributed by atoms with Crippen LogP contribution in [0.15, 0.2) is 18.2 Å². The van der Waals surface area contributed by atoms with E-state index in [1.165, 1.54) is 9.21 Å². The summed E-state index contributed by atoms with van der Waals surface area (Å²) in [6, 6.07) is 5.77. The average Bonchev–Trinajstić information content (AvgIpc) is 3.38. The van der Waals surface area contributed by atoms with E-state index in [-0.39, 0.29) is 38.0 Å². The van der Waals surface area contributed by atoms with E-state index in [9.17, 15) is 23.2 Å². The molecular weight excluding hydrogens is 510 g/mol. The van der Waals surface area contributed by atoms with E-state index >= 15 is 0 Å². The maximum atomic E-state index is 13.4. The molecule has 3 saturated heterocycles. The fourth-order valence-electron chi connectivity index (χ4n) is 5.43. The second kappa shape index (κ2) is 11.2. The zero-order valence-corrected chi connectivity index (χ0v) is 22.0. The molecule has 2 N–H and O–H groups in total. The number of hydrogen-bond acceptors (Lipinski definition) is 7. The van der Waals surface area contributed by atoms with Gasteiger partial charge in [0.05, 0.1) is 24.4 Å². The largest absolute Gasteiger partial charge is 0.444 e. The van der Waals surface area contributed by atoms with Gasteiger partial charge in [-0.1, -0.05) is 17.7 Å². The lowest BCUT2D eigenvalue weighted by Gasteiger charge is -2.41. The van der Waals surface area contributed by atoms with Crippen molar-refractivity contribution < 1.29 is 32.7 Å². The van der Waals surface area contributed by atoms with Gasteiger partial charge in [0, 0.05) is 37.6 Å². The number of nitrogens with zero attached hydrogens (tertiary/aromatic N) is 2. The Morgan fingerprint density at radius 3 is 2.50 bits per heavy atom. The van der Waals surface area contributed by atoms with Crippen molar-refractivity contribution in [1.82, 2.24) is 14.7 Å². The number of likely N-dealkylation sites (tertiary alicyclic amines) is 1. The van der Waals surface area contributed by atoms with E-state index in [1.807, 2.05) is 25.1 Å². The minimum absolute atomic E-state index is 0.104. The first kappa shape index (κ1) is 27.1. The molecule has 0 spiro atoms. The van der Waals surface area contributed by atoms with Crippen LogP contribution in [0.1, 0.15) is 49.1 Å². The van der Waals surface area contributed by atoms with Crippen LogP contribution in [0.3, 0.4) is 0 Å². The Hall–Kier alpha value is -1.92. The number of nitrogens with one attached hydrogen (secondary N) is 1. The van der Waals surface area contributed by atoms with E-state index in [2.05, 4.69) is 0 Å². The standard InChI is InChI=1S/C24H34ClN3O7S/c1-17-2-3-19(25)14-21(17)18-4-9-28(10-5-18)36(32,33)16-24(22(29)26-31)7-11-27(12-8-24)23(30)35-20-6-13-34-15-20/h2-3,14,18,20,31H,4-13,15-16H2,1H3,(H,26,29)/t20-/m0/s1. The summed E-state index contributed by atoms with van der Waals surface area (Å²) in [5.41, 5.74) is 2.59. The number of carbonyl (C=O) groups excluding carboxylic acids is 2. The topological polar surface area (TPSA) is 125 Å². The first-order valence-electron chi connectivity index (χ1n) is 12.4. The highest BCUT2D eigenvalue weighted by molar-refractivity contribution is 7.89. The Kier molecular flexibility index (Phi) is 8.45. The SMILES string of the molecule is Cc1ccc(Cl)cc1C1CCN(S(=O)(=O)CC2(C(=O)NO)CCN(C(=O)O[C@H]3CCOC3)CC2)CC1. The van der Waals surface area contributed by atoms with Gasteiger partial charge < -0.3 is 14.4 Å². The number of aryl methyl sites for hydroxylation is 1. The van der Waals surface area contributed by atoms with Crippen molar-refractivity contribution in [3.63, 3.8) is 0 Å². The summed E-state index contributed by atoms with van der Waals surface area (Å²) in [7, 11) is -3.79. The highest BCUT2D eigenvalue weighted by Gasteiger charge is 2.47. The maximum Gasteiger partial charge on any atom is 0.410 e. The number of halogens is 1. The molecule has 2 amide bonds. The number of amides is 2. The molecular formula is C24H34ClN3O7S. The highest BCUT2D eigenvalue weighted by atomic mass is 35.5. The van der Waals surface area contributed by atoms with Crippen molar-refractivity contribution in [2.45, 2.75) is 51.0 Å². The van der Waals surface area contributed by atoms with Gasteiger partial charge in [0.15, 0.2) is 0 Å². The number of ether oxygens (including phenoxy) is 2. The van der Waals surface area contributed by atoms with Gasteiger partial charge in [-0.2, -0.15) is 0 Å². The molecule has 0 bridgehead atoms. The number of sulfonamides is 1. The predicted molar refractivity (Wildman–Crippen MR) is 132 cm³/mol. The smallest absolute Gasteiger partial charge is 0.410 e. The van der Waals surface area contributed by atoms with E-state index in [4.69, 9.17) is 21.1 Å². The van der Waals surface area contributed by atoms with E-state index < -0.39 is 33.2 Å². The molecule has 3 heterocycles. The van der Waals surface area contributed by atoms with Crippen molar-refractivity contribution >= 4 is 33.6 Å². The third-order valence-electron chi connectivity index (χ3n) is 7.70. The maximum absolute atomic E-state index is 13.4. The first-order valence-corrected chi connectivity index (χ1v) is 14.3. The van der Waals surface area contributed by atoms with Crippen LogP contribution in [-0.4, -0.2) is 86.1 Å². The van der Waals surface area contributed by atoms with Gasteiger partial charge in [0.1, 0.15) is 6.10 Å². The van der Waals surface area contributed by atoms with Crippen LogP contribution in [0.25, 0.3) is 0 Å². The second-order valence-corrected chi connectivity index (χ2v) is 12.4. The van der Waals surface area contributed by atoms with Crippen molar-refractivity contribution in [2.75, 3.05) is 45.1 Å². The van der Waals surface area contributed by atoms with Crippen molar-refractivity contribution in [2.24, 2.45) is 5.41 Å². The summed E-state index contributed by atoms with van der Waals surface area (Å²) >= 11 is 6.17. The third kappa shape index (κ3) is 5.96. The van der Waals surface area contributed by atoms with Gasteiger partial charge in [-0.25, -0.2) is 23.0 Å². The minimum atomic E-state index is -3.79. The molecule has 0 aromatic heterocycles. The summed E-state index contributed by atoms with van der Waals surface area (Å²) in [6.07, 6.45) is 1.38.